The summed E-state index contributed by atoms with van der Waals surface area (Å²) in [4.78, 5) is 4.39. The number of aromatic nitrogens is 3. The zero-order chi connectivity index (χ0) is 16.4. The second kappa shape index (κ2) is 7.15. The molecule has 0 aromatic carbocycles. The van der Waals surface area contributed by atoms with Gasteiger partial charge in [-0.1, -0.05) is 0 Å². The van der Waals surface area contributed by atoms with E-state index in [-0.39, 0.29) is 12.1 Å². The SMILES string of the molecule is COCC(C)Nc1ncc2c(Br)cc([C@H]3CC[C@@H](O)CC3)n2n1. The van der Waals surface area contributed by atoms with Gasteiger partial charge in [-0.2, -0.15) is 0 Å². The van der Waals surface area contributed by atoms with Crippen LogP contribution in [0.1, 0.15) is 44.2 Å². The first kappa shape index (κ1) is 16.7. The molecule has 2 N–H and O–H groups in total. The van der Waals surface area contributed by atoms with Gasteiger partial charge in [-0.25, -0.2) is 9.50 Å². The molecule has 2 aromatic rings. The van der Waals surface area contributed by atoms with Crippen LogP contribution in [-0.2, 0) is 4.74 Å². The van der Waals surface area contributed by atoms with Crippen LogP contribution in [0.5, 0.6) is 0 Å². The van der Waals surface area contributed by atoms with Gasteiger partial charge in [0.05, 0.1) is 24.4 Å². The highest BCUT2D eigenvalue weighted by Gasteiger charge is 2.24. The molecule has 0 bridgehead atoms. The van der Waals surface area contributed by atoms with Gasteiger partial charge in [-0.15, -0.1) is 5.10 Å². The molecular formula is C16H23BrN4O2. The number of aliphatic hydroxyl groups is 1. The molecule has 1 atom stereocenters. The maximum atomic E-state index is 9.72. The lowest BCUT2D eigenvalue weighted by molar-refractivity contribution is 0.121. The van der Waals surface area contributed by atoms with E-state index in [1.807, 2.05) is 17.6 Å². The molecule has 1 unspecified atom stereocenters. The fourth-order valence-electron chi connectivity index (χ4n) is 3.22. The number of hydrogen-bond donors (Lipinski definition) is 2. The first-order chi connectivity index (χ1) is 11.1. The summed E-state index contributed by atoms with van der Waals surface area (Å²) in [6.45, 7) is 2.64. The standard InChI is InChI=1S/C16H23BrN4O2/c1-10(9-23-2)19-16-18-8-15-13(17)7-14(21(15)20-16)11-3-5-12(22)6-4-11/h7-8,10-12,22H,3-6,9H2,1-2H3,(H,19,20)/t10?,11-,12+. The van der Waals surface area contributed by atoms with Crippen LogP contribution in [0.15, 0.2) is 16.7 Å². The first-order valence-electron chi connectivity index (χ1n) is 8.06. The third-order valence-corrected chi connectivity index (χ3v) is 5.04. The number of aliphatic hydroxyl groups excluding tert-OH is 1. The Kier molecular flexibility index (Phi) is 5.18. The summed E-state index contributed by atoms with van der Waals surface area (Å²) in [5.74, 6) is 1.03. The smallest absolute Gasteiger partial charge is 0.241 e. The van der Waals surface area contributed by atoms with E-state index in [1.165, 1.54) is 5.69 Å². The molecule has 2 heterocycles. The summed E-state index contributed by atoms with van der Waals surface area (Å²) in [6, 6.07) is 2.28. The van der Waals surface area contributed by atoms with Crippen LogP contribution in [0.4, 0.5) is 5.95 Å². The fraction of sp³-hybridized carbons (Fsp3) is 0.625. The van der Waals surface area contributed by atoms with E-state index >= 15 is 0 Å². The van der Waals surface area contributed by atoms with Crippen molar-refractivity contribution in [2.45, 2.75) is 50.7 Å². The number of ether oxygens (including phenoxy) is 1. The largest absolute Gasteiger partial charge is 0.393 e. The Morgan fingerprint density at radius 2 is 2.17 bits per heavy atom. The Balaban J connectivity index is 1.89. The number of rotatable bonds is 5. The molecule has 1 saturated carbocycles. The summed E-state index contributed by atoms with van der Waals surface area (Å²) < 4.78 is 8.12. The number of nitrogens with zero attached hydrogens (tertiary/aromatic N) is 3. The van der Waals surface area contributed by atoms with Gasteiger partial charge in [0.25, 0.3) is 0 Å². The van der Waals surface area contributed by atoms with Crippen molar-refractivity contribution in [1.82, 2.24) is 14.6 Å². The van der Waals surface area contributed by atoms with Crippen LogP contribution in [0.3, 0.4) is 0 Å². The van der Waals surface area contributed by atoms with Gasteiger partial charge >= 0.3 is 0 Å². The van der Waals surface area contributed by atoms with Gasteiger partial charge < -0.3 is 15.2 Å². The Morgan fingerprint density at radius 1 is 1.43 bits per heavy atom. The highest BCUT2D eigenvalue weighted by Crippen LogP contribution is 2.36. The lowest BCUT2D eigenvalue weighted by Gasteiger charge is -2.25. The number of methoxy groups -OCH3 is 1. The van der Waals surface area contributed by atoms with E-state index < -0.39 is 0 Å². The van der Waals surface area contributed by atoms with E-state index in [0.29, 0.717) is 18.5 Å². The minimum atomic E-state index is -0.150. The molecule has 126 valence electrons. The number of nitrogens with one attached hydrogen (secondary N) is 1. The Labute approximate surface area is 144 Å². The Bertz CT molecular complexity index is 667. The minimum Gasteiger partial charge on any atom is -0.393 e. The number of hydrogen-bond acceptors (Lipinski definition) is 5. The van der Waals surface area contributed by atoms with E-state index in [1.54, 1.807) is 7.11 Å². The quantitative estimate of drug-likeness (QED) is 0.831. The zero-order valence-electron chi connectivity index (χ0n) is 13.5. The topological polar surface area (TPSA) is 71.7 Å². The van der Waals surface area contributed by atoms with Crippen LogP contribution in [0.2, 0.25) is 0 Å². The van der Waals surface area contributed by atoms with Crippen molar-refractivity contribution in [3.63, 3.8) is 0 Å². The third kappa shape index (κ3) is 3.67. The van der Waals surface area contributed by atoms with Crippen molar-refractivity contribution in [2.75, 3.05) is 19.0 Å². The second-order valence-corrected chi connectivity index (χ2v) is 7.16. The summed E-state index contributed by atoms with van der Waals surface area (Å²) in [7, 11) is 1.68. The fourth-order valence-corrected chi connectivity index (χ4v) is 3.72. The predicted octanol–water partition coefficient (Wildman–Crippen LogP) is 2.96. The number of halogens is 1. The van der Waals surface area contributed by atoms with Gasteiger partial charge in [-0.05, 0) is 54.6 Å². The number of fused-ring (bicyclic) bond motifs is 1. The highest BCUT2D eigenvalue weighted by molar-refractivity contribution is 9.10. The second-order valence-electron chi connectivity index (χ2n) is 6.30. The molecule has 0 amide bonds. The van der Waals surface area contributed by atoms with E-state index in [9.17, 15) is 5.11 Å². The molecule has 1 fully saturated rings. The molecule has 3 rings (SSSR count). The van der Waals surface area contributed by atoms with Crippen LogP contribution >= 0.6 is 15.9 Å². The molecular weight excluding hydrogens is 360 g/mol. The van der Waals surface area contributed by atoms with Crippen molar-refractivity contribution in [3.8, 4) is 0 Å². The maximum Gasteiger partial charge on any atom is 0.241 e. The molecule has 6 nitrogen and oxygen atoms in total. The third-order valence-electron chi connectivity index (χ3n) is 4.40. The zero-order valence-corrected chi connectivity index (χ0v) is 15.1. The van der Waals surface area contributed by atoms with Gasteiger partial charge in [0.2, 0.25) is 5.95 Å². The Morgan fingerprint density at radius 3 is 2.87 bits per heavy atom. The summed E-state index contributed by atoms with van der Waals surface area (Å²) in [5.41, 5.74) is 2.15. The van der Waals surface area contributed by atoms with Crippen molar-refractivity contribution >= 4 is 27.4 Å². The lowest BCUT2D eigenvalue weighted by atomic mass is 9.85. The monoisotopic (exact) mass is 382 g/mol. The van der Waals surface area contributed by atoms with Gasteiger partial charge in [0.1, 0.15) is 0 Å². The predicted molar refractivity (Wildman–Crippen MR) is 92.9 cm³/mol. The average molecular weight is 383 g/mol. The van der Waals surface area contributed by atoms with Crippen LogP contribution in [0.25, 0.3) is 5.52 Å². The first-order valence-corrected chi connectivity index (χ1v) is 8.85. The van der Waals surface area contributed by atoms with E-state index in [4.69, 9.17) is 4.74 Å². The van der Waals surface area contributed by atoms with Gasteiger partial charge in [-0.3, -0.25) is 0 Å². The molecule has 1 aliphatic rings. The molecule has 0 saturated heterocycles. The van der Waals surface area contributed by atoms with Crippen molar-refractivity contribution < 1.29 is 9.84 Å². The van der Waals surface area contributed by atoms with Crippen molar-refractivity contribution in [2.24, 2.45) is 0 Å². The molecule has 1 aliphatic carbocycles. The molecule has 0 aliphatic heterocycles. The Hall–Kier alpha value is -1.18. The molecule has 0 radical (unpaired) electrons. The van der Waals surface area contributed by atoms with Crippen molar-refractivity contribution in [3.05, 3.63) is 22.4 Å². The van der Waals surface area contributed by atoms with Crippen LogP contribution in [-0.4, -0.2) is 45.6 Å². The average Bonchev–Trinajstić information content (AvgIpc) is 2.85. The molecule has 7 heteroatoms. The van der Waals surface area contributed by atoms with Crippen molar-refractivity contribution in [1.29, 1.82) is 0 Å². The van der Waals surface area contributed by atoms with Gasteiger partial charge in [0, 0.05) is 29.2 Å². The molecule has 0 spiro atoms. The van der Waals surface area contributed by atoms with E-state index in [2.05, 4.69) is 37.4 Å². The highest BCUT2D eigenvalue weighted by atomic mass is 79.9. The normalized spacial score (nSPS) is 23.1. The lowest BCUT2D eigenvalue weighted by Crippen LogP contribution is -2.23. The minimum absolute atomic E-state index is 0.143. The number of anilines is 1. The summed E-state index contributed by atoms with van der Waals surface area (Å²) >= 11 is 3.61. The summed E-state index contributed by atoms with van der Waals surface area (Å²) in [5, 5.41) is 17.6. The van der Waals surface area contributed by atoms with Crippen LogP contribution in [0, 0.1) is 0 Å². The maximum absolute atomic E-state index is 9.72. The summed E-state index contributed by atoms with van der Waals surface area (Å²) in [6.07, 6.45) is 5.38. The van der Waals surface area contributed by atoms with E-state index in [0.717, 1.165) is 35.7 Å². The molecule has 2 aromatic heterocycles. The molecule has 23 heavy (non-hydrogen) atoms. The van der Waals surface area contributed by atoms with Gasteiger partial charge in [0.15, 0.2) is 0 Å². The van der Waals surface area contributed by atoms with Crippen LogP contribution < -0.4 is 5.32 Å².